The number of urea groups is 1. The zero-order chi connectivity index (χ0) is 19.1. The summed E-state index contributed by atoms with van der Waals surface area (Å²) >= 11 is 0. The number of imidazole rings is 1. The SMILES string of the molecule is C=C1/C=C(c2nc[nH]c2-c2cccc(C)c2)\C=C/CN(C)C(=O)N1.CC. The lowest BCUT2D eigenvalue weighted by Crippen LogP contribution is -2.35. The lowest BCUT2D eigenvalue weighted by atomic mass is 10.0. The quantitative estimate of drug-likeness (QED) is 0.836. The van der Waals surface area contributed by atoms with Gasteiger partial charge in [0, 0.05) is 30.4 Å². The number of nitrogens with one attached hydrogen (secondary N) is 2. The fraction of sp³-hybridized carbons (Fsp3) is 0.238. The average Bonchev–Trinajstić information content (AvgIpc) is 3.12. The molecule has 2 amide bonds. The molecule has 1 aromatic heterocycles. The third-order valence-corrected chi connectivity index (χ3v) is 3.84. The Balaban J connectivity index is 0.00000117. The highest BCUT2D eigenvalue weighted by Crippen LogP contribution is 2.28. The molecule has 3 rings (SSSR count). The van der Waals surface area contributed by atoms with Gasteiger partial charge in [0.25, 0.3) is 0 Å². The Hall–Kier alpha value is -3.08. The van der Waals surface area contributed by atoms with Crippen LogP contribution in [-0.2, 0) is 0 Å². The number of carbonyl (C=O) groups excluding carboxylic acids is 1. The standard InChI is InChI=1S/C19H20N4O.C2H6/c1-13-6-4-7-15(10-13)17-18(21-12-20-17)16-8-5-9-23(3)19(24)22-14(2)11-16;1-2/h4-8,10-12H,2,9H2,1,3H3,(H,20,21)(H,22,24);1-2H3/b8-5-,16-11+;. The van der Waals surface area contributed by atoms with Gasteiger partial charge in [-0.3, -0.25) is 0 Å². The number of aromatic nitrogens is 2. The second-order valence-corrected chi connectivity index (χ2v) is 5.83. The molecule has 0 saturated heterocycles. The molecular formula is C21H26N4O. The maximum Gasteiger partial charge on any atom is 0.321 e. The van der Waals surface area contributed by atoms with E-state index in [0.717, 1.165) is 22.5 Å². The Kier molecular flexibility index (Phi) is 6.55. The number of benzene rings is 1. The van der Waals surface area contributed by atoms with Crippen LogP contribution in [0, 0.1) is 6.92 Å². The van der Waals surface area contributed by atoms with Gasteiger partial charge >= 0.3 is 6.03 Å². The van der Waals surface area contributed by atoms with Crippen molar-refractivity contribution in [1.82, 2.24) is 20.2 Å². The Morgan fingerprint density at radius 1 is 1.27 bits per heavy atom. The summed E-state index contributed by atoms with van der Waals surface area (Å²) in [6, 6.07) is 8.07. The molecule has 1 aromatic carbocycles. The summed E-state index contributed by atoms with van der Waals surface area (Å²) in [4.78, 5) is 21.2. The van der Waals surface area contributed by atoms with E-state index in [1.165, 1.54) is 5.56 Å². The monoisotopic (exact) mass is 350 g/mol. The van der Waals surface area contributed by atoms with Crippen molar-refractivity contribution in [2.45, 2.75) is 20.8 Å². The largest absolute Gasteiger partial charge is 0.344 e. The number of allylic oxidation sites excluding steroid dienone is 3. The highest BCUT2D eigenvalue weighted by atomic mass is 16.2. The zero-order valence-electron chi connectivity index (χ0n) is 15.8. The predicted molar refractivity (Wildman–Crippen MR) is 108 cm³/mol. The van der Waals surface area contributed by atoms with Crippen LogP contribution in [0.1, 0.15) is 25.1 Å². The number of hydrogen-bond acceptors (Lipinski definition) is 2. The van der Waals surface area contributed by atoms with Crippen LogP contribution in [0.4, 0.5) is 4.79 Å². The van der Waals surface area contributed by atoms with Crippen molar-refractivity contribution in [2.24, 2.45) is 0 Å². The van der Waals surface area contributed by atoms with Crippen LogP contribution in [0.2, 0.25) is 0 Å². The summed E-state index contributed by atoms with van der Waals surface area (Å²) in [5.74, 6) is 0. The van der Waals surface area contributed by atoms with Crippen LogP contribution in [0.25, 0.3) is 16.8 Å². The molecule has 2 aromatic rings. The number of carbonyl (C=O) groups is 1. The normalized spacial score (nSPS) is 17.7. The lowest BCUT2D eigenvalue weighted by molar-refractivity contribution is 0.216. The fourth-order valence-corrected chi connectivity index (χ4v) is 2.61. The molecule has 26 heavy (non-hydrogen) atoms. The average molecular weight is 350 g/mol. The van der Waals surface area contributed by atoms with Crippen LogP contribution in [0.3, 0.4) is 0 Å². The number of likely N-dealkylation sites (N-methyl/N-ethyl adjacent to an activating group) is 1. The lowest BCUT2D eigenvalue weighted by Gasteiger charge is -2.14. The molecule has 2 N–H and O–H groups in total. The maximum atomic E-state index is 11.9. The first-order chi connectivity index (χ1) is 12.5. The Morgan fingerprint density at radius 3 is 2.77 bits per heavy atom. The summed E-state index contributed by atoms with van der Waals surface area (Å²) in [5, 5.41) is 2.77. The van der Waals surface area contributed by atoms with E-state index < -0.39 is 0 Å². The molecule has 2 heterocycles. The third-order valence-electron chi connectivity index (χ3n) is 3.84. The minimum atomic E-state index is -0.178. The molecule has 0 spiro atoms. The Bertz CT molecular complexity index is 845. The molecule has 1 aliphatic heterocycles. The molecule has 0 bridgehead atoms. The molecule has 0 unspecified atom stereocenters. The summed E-state index contributed by atoms with van der Waals surface area (Å²) in [6.07, 6.45) is 7.43. The Morgan fingerprint density at radius 2 is 2.04 bits per heavy atom. The molecule has 0 fully saturated rings. The maximum absolute atomic E-state index is 11.9. The van der Waals surface area contributed by atoms with Crippen molar-refractivity contribution in [1.29, 1.82) is 0 Å². The molecule has 136 valence electrons. The Labute approximate surface area is 155 Å². The van der Waals surface area contributed by atoms with Crippen molar-refractivity contribution < 1.29 is 4.79 Å². The second-order valence-electron chi connectivity index (χ2n) is 5.83. The van der Waals surface area contributed by atoms with Crippen molar-refractivity contribution in [3.63, 3.8) is 0 Å². The van der Waals surface area contributed by atoms with Gasteiger partial charge in [0.05, 0.1) is 17.7 Å². The van der Waals surface area contributed by atoms with Crippen molar-refractivity contribution in [2.75, 3.05) is 13.6 Å². The molecule has 0 radical (unpaired) electrons. The third kappa shape index (κ3) is 4.51. The van der Waals surface area contributed by atoms with Crippen LogP contribution >= 0.6 is 0 Å². The zero-order valence-corrected chi connectivity index (χ0v) is 15.8. The highest BCUT2D eigenvalue weighted by Gasteiger charge is 2.14. The summed E-state index contributed by atoms with van der Waals surface area (Å²) in [6.45, 7) is 10.5. The van der Waals surface area contributed by atoms with Gasteiger partial charge in [0.1, 0.15) is 0 Å². The number of rotatable bonds is 2. The van der Waals surface area contributed by atoms with E-state index in [0.29, 0.717) is 12.2 Å². The molecule has 1 aliphatic rings. The first kappa shape index (κ1) is 19.2. The first-order valence-electron chi connectivity index (χ1n) is 8.74. The molecular weight excluding hydrogens is 324 g/mol. The van der Waals surface area contributed by atoms with E-state index in [4.69, 9.17) is 0 Å². The predicted octanol–water partition coefficient (Wildman–Crippen LogP) is 4.52. The van der Waals surface area contributed by atoms with Gasteiger partial charge in [-0.1, -0.05) is 56.3 Å². The van der Waals surface area contributed by atoms with Gasteiger partial charge in [-0.25, -0.2) is 9.78 Å². The molecule has 5 nitrogen and oxygen atoms in total. The first-order valence-corrected chi connectivity index (χ1v) is 8.74. The van der Waals surface area contributed by atoms with Gasteiger partial charge in [-0.2, -0.15) is 0 Å². The van der Waals surface area contributed by atoms with Crippen LogP contribution < -0.4 is 5.32 Å². The molecule has 5 heteroatoms. The van der Waals surface area contributed by atoms with E-state index >= 15 is 0 Å². The van der Waals surface area contributed by atoms with Crippen LogP contribution in [-0.4, -0.2) is 34.5 Å². The highest BCUT2D eigenvalue weighted by molar-refractivity contribution is 5.85. The molecule has 0 atom stereocenters. The smallest absolute Gasteiger partial charge is 0.321 e. The van der Waals surface area contributed by atoms with Gasteiger partial charge in [-0.15, -0.1) is 0 Å². The molecule has 0 aliphatic carbocycles. The van der Waals surface area contributed by atoms with Crippen molar-refractivity contribution >= 4 is 11.6 Å². The number of amides is 2. The minimum absolute atomic E-state index is 0.178. The van der Waals surface area contributed by atoms with Gasteiger partial charge < -0.3 is 15.2 Å². The summed E-state index contributed by atoms with van der Waals surface area (Å²) in [5.41, 5.74) is 5.46. The van der Waals surface area contributed by atoms with Crippen molar-refractivity contribution in [3.05, 3.63) is 72.4 Å². The van der Waals surface area contributed by atoms with Crippen molar-refractivity contribution in [3.8, 4) is 11.3 Å². The number of aromatic amines is 1. The van der Waals surface area contributed by atoms with Crippen LogP contribution in [0.15, 0.2) is 61.1 Å². The number of aryl methyl sites for hydroxylation is 1. The van der Waals surface area contributed by atoms with Gasteiger partial charge in [-0.05, 0) is 19.1 Å². The summed E-state index contributed by atoms with van der Waals surface area (Å²) in [7, 11) is 1.74. The van der Waals surface area contributed by atoms with E-state index in [1.54, 1.807) is 18.3 Å². The number of nitrogens with zero attached hydrogens (tertiary/aromatic N) is 2. The van der Waals surface area contributed by atoms with E-state index in [9.17, 15) is 4.79 Å². The van der Waals surface area contributed by atoms with Crippen LogP contribution in [0.5, 0.6) is 0 Å². The number of hydrogen-bond donors (Lipinski definition) is 2. The van der Waals surface area contributed by atoms with E-state index in [-0.39, 0.29) is 6.03 Å². The van der Waals surface area contributed by atoms with E-state index in [2.05, 4.69) is 40.9 Å². The van der Waals surface area contributed by atoms with Gasteiger partial charge in [0.2, 0.25) is 0 Å². The number of H-pyrrole nitrogens is 1. The molecule has 0 saturated carbocycles. The minimum Gasteiger partial charge on any atom is -0.344 e. The fourth-order valence-electron chi connectivity index (χ4n) is 2.61. The summed E-state index contributed by atoms with van der Waals surface area (Å²) < 4.78 is 0. The topological polar surface area (TPSA) is 61.0 Å². The van der Waals surface area contributed by atoms with E-state index in [1.807, 2.05) is 44.2 Å². The van der Waals surface area contributed by atoms with Gasteiger partial charge in [0.15, 0.2) is 0 Å². The second kappa shape index (κ2) is 8.85.